The lowest BCUT2D eigenvalue weighted by molar-refractivity contribution is 0.212. The van der Waals surface area contributed by atoms with E-state index in [1.54, 1.807) is 0 Å². The van der Waals surface area contributed by atoms with Gasteiger partial charge in [-0.15, -0.1) is 0 Å². The van der Waals surface area contributed by atoms with Crippen LogP contribution < -0.4 is 5.73 Å². The summed E-state index contributed by atoms with van der Waals surface area (Å²) in [7, 11) is 0. The van der Waals surface area contributed by atoms with Crippen LogP contribution in [-0.4, -0.2) is 30.1 Å². The molecule has 96 valence electrons. The molecule has 1 heterocycles. The Hall–Kier alpha value is -0.590. The zero-order chi connectivity index (χ0) is 12.5. The van der Waals surface area contributed by atoms with Crippen molar-refractivity contribution in [3.05, 3.63) is 0 Å². The summed E-state index contributed by atoms with van der Waals surface area (Å²) in [6, 6.07) is 2.37. The standard InChI is InChI=1S/C14H25N3/c1-3-13(4-2)7-8-17(10-13)11-14(16,9-15)12-5-6-12/h12H,3-8,10-11,16H2,1-2H3. The molecule has 2 N–H and O–H groups in total. The molecule has 1 saturated heterocycles. The lowest BCUT2D eigenvalue weighted by Crippen LogP contribution is -2.50. The Balaban J connectivity index is 1.95. The molecule has 0 aromatic heterocycles. The molecule has 1 saturated carbocycles. The molecule has 0 spiro atoms. The molecule has 1 aliphatic heterocycles. The molecule has 17 heavy (non-hydrogen) atoms. The molecule has 3 nitrogen and oxygen atoms in total. The maximum Gasteiger partial charge on any atom is 0.119 e. The third kappa shape index (κ3) is 2.48. The Kier molecular flexibility index (Phi) is 3.47. The average Bonchev–Trinajstić information content (AvgIpc) is 3.13. The number of nitrogens with zero attached hydrogens (tertiary/aromatic N) is 2. The fourth-order valence-corrected chi connectivity index (χ4v) is 3.21. The van der Waals surface area contributed by atoms with E-state index < -0.39 is 5.54 Å². The van der Waals surface area contributed by atoms with Gasteiger partial charge in [0.05, 0.1) is 6.07 Å². The molecule has 0 radical (unpaired) electrons. The molecular formula is C14H25N3. The molecule has 2 fully saturated rings. The van der Waals surface area contributed by atoms with Gasteiger partial charge < -0.3 is 5.73 Å². The maximum atomic E-state index is 9.30. The summed E-state index contributed by atoms with van der Waals surface area (Å²) in [4.78, 5) is 2.43. The van der Waals surface area contributed by atoms with Gasteiger partial charge >= 0.3 is 0 Å². The van der Waals surface area contributed by atoms with E-state index in [0.717, 1.165) is 32.5 Å². The second-order valence-corrected chi connectivity index (χ2v) is 6.09. The third-order valence-electron chi connectivity index (χ3n) is 5.02. The van der Waals surface area contributed by atoms with Gasteiger partial charge in [-0.25, -0.2) is 0 Å². The molecule has 0 aromatic rings. The predicted molar refractivity (Wildman–Crippen MR) is 69.3 cm³/mol. The van der Waals surface area contributed by atoms with Crippen LogP contribution in [0.25, 0.3) is 0 Å². The summed E-state index contributed by atoms with van der Waals surface area (Å²) >= 11 is 0. The van der Waals surface area contributed by atoms with Gasteiger partial charge in [0.1, 0.15) is 5.54 Å². The molecule has 2 rings (SSSR count). The summed E-state index contributed by atoms with van der Waals surface area (Å²) in [6.07, 6.45) is 6.04. The van der Waals surface area contributed by atoms with Crippen LogP contribution in [0.5, 0.6) is 0 Å². The highest BCUT2D eigenvalue weighted by atomic mass is 15.2. The summed E-state index contributed by atoms with van der Waals surface area (Å²) in [5.41, 5.74) is 6.15. The molecule has 1 unspecified atom stereocenters. The smallest absolute Gasteiger partial charge is 0.119 e. The summed E-state index contributed by atoms with van der Waals surface area (Å²) in [5.74, 6) is 0.450. The van der Waals surface area contributed by atoms with Crippen molar-refractivity contribution >= 4 is 0 Å². The topological polar surface area (TPSA) is 53.0 Å². The van der Waals surface area contributed by atoms with E-state index in [4.69, 9.17) is 5.73 Å². The van der Waals surface area contributed by atoms with Crippen LogP contribution >= 0.6 is 0 Å². The molecule has 2 aliphatic rings. The molecule has 0 bridgehead atoms. The van der Waals surface area contributed by atoms with Crippen molar-refractivity contribution in [2.45, 2.75) is 51.5 Å². The highest BCUT2D eigenvalue weighted by Crippen LogP contribution is 2.41. The van der Waals surface area contributed by atoms with E-state index in [2.05, 4.69) is 24.8 Å². The number of hydrogen-bond acceptors (Lipinski definition) is 3. The Morgan fingerprint density at radius 1 is 1.41 bits per heavy atom. The van der Waals surface area contributed by atoms with Crippen LogP contribution in [0.1, 0.15) is 46.0 Å². The zero-order valence-corrected chi connectivity index (χ0v) is 11.2. The van der Waals surface area contributed by atoms with Gasteiger partial charge in [0, 0.05) is 13.1 Å². The second-order valence-electron chi connectivity index (χ2n) is 6.09. The molecule has 1 aliphatic carbocycles. The maximum absolute atomic E-state index is 9.30. The summed E-state index contributed by atoms with van der Waals surface area (Å²) in [6.45, 7) is 7.60. The van der Waals surface area contributed by atoms with Crippen molar-refractivity contribution < 1.29 is 0 Å². The van der Waals surface area contributed by atoms with E-state index in [1.807, 2.05) is 0 Å². The van der Waals surface area contributed by atoms with Crippen LogP contribution in [0.3, 0.4) is 0 Å². The van der Waals surface area contributed by atoms with Crippen LogP contribution in [0.2, 0.25) is 0 Å². The molecule has 1 atom stereocenters. The van der Waals surface area contributed by atoms with E-state index in [-0.39, 0.29) is 0 Å². The molecule has 0 aromatic carbocycles. The summed E-state index contributed by atoms with van der Waals surface area (Å²) < 4.78 is 0. The molecule has 3 heteroatoms. The normalized spacial score (nSPS) is 27.6. The fraction of sp³-hybridized carbons (Fsp3) is 0.929. The first-order valence-electron chi connectivity index (χ1n) is 7.00. The van der Waals surface area contributed by atoms with Gasteiger partial charge in [0.2, 0.25) is 0 Å². The van der Waals surface area contributed by atoms with Crippen molar-refractivity contribution in [1.82, 2.24) is 4.90 Å². The van der Waals surface area contributed by atoms with Crippen LogP contribution in [0.4, 0.5) is 0 Å². The number of rotatable bonds is 5. The Bertz CT molecular complexity index is 312. The van der Waals surface area contributed by atoms with Crippen LogP contribution in [0.15, 0.2) is 0 Å². The first kappa shape index (κ1) is 12.9. The van der Waals surface area contributed by atoms with Gasteiger partial charge in [-0.3, -0.25) is 4.90 Å². The SMILES string of the molecule is CCC1(CC)CCN(CC(N)(C#N)C2CC2)C1. The van der Waals surface area contributed by atoms with E-state index in [9.17, 15) is 5.26 Å². The van der Waals surface area contributed by atoms with E-state index >= 15 is 0 Å². The minimum atomic E-state index is -0.586. The van der Waals surface area contributed by atoms with E-state index in [0.29, 0.717) is 11.3 Å². The Labute approximate surface area is 105 Å². The van der Waals surface area contributed by atoms with Crippen molar-refractivity contribution in [3.8, 4) is 6.07 Å². The second kappa shape index (κ2) is 4.59. The van der Waals surface area contributed by atoms with Gasteiger partial charge in [0.25, 0.3) is 0 Å². The summed E-state index contributed by atoms with van der Waals surface area (Å²) in [5, 5.41) is 9.30. The fourth-order valence-electron chi connectivity index (χ4n) is 3.21. The van der Waals surface area contributed by atoms with Gasteiger partial charge in [-0.2, -0.15) is 5.26 Å². The third-order valence-corrected chi connectivity index (χ3v) is 5.02. The van der Waals surface area contributed by atoms with Crippen molar-refractivity contribution in [2.75, 3.05) is 19.6 Å². The highest BCUT2D eigenvalue weighted by molar-refractivity contribution is 5.15. The lowest BCUT2D eigenvalue weighted by atomic mass is 9.82. The van der Waals surface area contributed by atoms with Crippen LogP contribution in [0, 0.1) is 22.7 Å². The minimum absolute atomic E-state index is 0.450. The highest BCUT2D eigenvalue weighted by Gasteiger charge is 2.46. The van der Waals surface area contributed by atoms with Gasteiger partial charge in [0.15, 0.2) is 0 Å². The van der Waals surface area contributed by atoms with E-state index in [1.165, 1.54) is 19.3 Å². The number of hydrogen-bond donors (Lipinski definition) is 1. The molecule has 0 amide bonds. The number of likely N-dealkylation sites (tertiary alicyclic amines) is 1. The minimum Gasteiger partial charge on any atom is -0.312 e. The zero-order valence-electron chi connectivity index (χ0n) is 11.2. The van der Waals surface area contributed by atoms with Gasteiger partial charge in [-0.05, 0) is 50.0 Å². The largest absolute Gasteiger partial charge is 0.312 e. The van der Waals surface area contributed by atoms with Crippen molar-refractivity contribution in [1.29, 1.82) is 5.26 Å². The monoisotopic (exact) mass is 235 g/mol. The van der Waals surface area contributed by atoms with Gasteiger partial charge in [-0.1, -0.05) is 13.8 Å². The predicted octanol–water partition coefficient (Wildman–Crippen LogP) is 2.13. The number of nitriles is 1. The number of nitrogens with two attached hydrogens (primary N) is 1. The lowest BCUT2D eigenvalue weighted by Gasteiger charge is -2.30. The van der Waals surface area contributed by atoms with Crippen molar-refractivity contribution in [3.63, 3.8) is 0 Å². The molecular weight excluding hydrogens is 210 g/mol. The Morgan fingerprint density at radius 2 is 2.06 bits per heavy atom. The quantitative estimate of drug-likeness (QED) is 0.794. The first-order valence-corrected chi connectivity index (χ1v) is 7.00. The van der Waals surface area contributed by atoms with Crippen molar-refractivity contribution in [2.24, 2.45) is 17.1 Å². The average molecular weight is 235 g/mol. The first-order chi connectivity index (χ1) is 8.07. The Morgan fingerprint density at radius 3 is 2.47 bits per heavy atom. The van der Waals surface area contributed by atoms with Crippen LogP contribution in [-0.2, 0) is 0 Å².